The molecule has 1 atom stereocenters. The number of rotatable bonds is 3. The number of hydrogen-bond donors (Lipinski definition) is 0. The van der Waals surface area contributed by atoms with Gasteiger partial charge in [-0.1, -0.05) is 12.1 Å². The Balaban J connectivity index is 1.44. The maximum Gasteiger partial charge on any atom is 0.268 e. The molecule has 2 aliphatic heterocycles. The molecule has 1 aromatic carbocycles. The van der Waals surface area contributed by atoms with E-state index in [1.54, 1.807) is 12.3 Å². The van der Waals surface area contributed by atoms with E-state index in [4.69, 9.17) is 9.47 Å². The van der Waals surface area contributed by atoms with Gasteiger partial charge in [-0.05, 0) is 32.1 Å². The van der Waals surface area contributed by atoms with Crippen LogP contribution in [0.5, 0.6) is 11.5 Å². The fraction of sp³-hybridized carbons (Fsp3) is 0.474. The van der Waals surface area contributed by atoms with Gasteiger partial charge in [0, 0.05) is 25.7 Å². The number of nitrogens with zero attached hydrogens (tertiary/aromatic N) is 4. The lowest BCUT2D eigenvalue weighted by atomic mass is 10.2. The Labute approximate surface area is 152 Å². The maximum atomic E-state index is 12.5. The molecule has 0 spiro atoms. The molecule has 0 radical (unpaired) electrons. The van der Waals surface area contributed by atoms with Crippen LogP contribution in [0.25, 0.3) is 0 Å². The van der Waals surface area contributed by atoms with Crippen LogP contribution < -0.4 is 19.9 Å². The number of benzene rings is 1. The Morgan fingerprint density at radius 2 is 2.00 bits per heavy atom. The third kappa shape index (κ3) is 3.67. The lowest BCUT2D eigenvalue weighted by Gasteiger charge is -2.27. The van der Waals surface area contributed by atoms with Gasteiger partial charge in [0.25, 0.3) is 5.56 Å². The van der Waals surface area contributed by atoms with Crippen molar-refractivity contribution >= 4 is 5.69 Å². The average Bonchev–Trinajstić information content (AvgIpc) is 2.88. The smallest absolute Gasteiger partial charge is 0.268 e. The van der Waals surface area contributed by atoms with Gasteiger partial charge in [0.2, 0.25) is 0 Å². The minimum Gasteiger partial charge on any atom is -0.486 e. The van der Waals surface area contributed by atoms with Crippen LogP contribution >= 0.6 is 0 Å². The SMILES string of the molecule is CN1CCCN(c2cnn(CC3COc4ccccc4O3)c(=O)c2)CC1. The summed E-state index contributed by atoms with van der Waals surface area (Å²) in [6.07, 6.45) is 2.64. The Bertz CT molecular complexity index is 822. The van der Waals surface area contributed by atoms with Crippen LogP contribution in [-0.2, 0) is 6.54 Å². The Morgan fingerprint density at radius 3 is 2.85 bits per heavy atom. The Morgan fingerprint density at radius 1 is 1.15 bits per heavy atom. The first-order valence-electron chi connectivity index (χ1n) is 9.08. The number of likely N-dealkylation sites (N-methyl/N-ethyl adjacent to an activating group) is 1. The molecule has 2 aliphatic rings. The van der Waals surface area contributed by atoms with Crippen LogP contribution in [0.15, 0.2) is 41.3 Å². The molecule has 4 rings (SSSR count). The highest BCUT2D eigenvalue weighted by atomic mass is 16.6. The molecule has 0 bridgehead atoms. The summed E-state index contributed by atoms with van der Waals surface area (Å²) in [4.78, 5) is 17.1. The van der Waals surface area contributed by atoms with Crippen molar-refractivity contribution in [3.8, 4) is 11.5 Å². The topological polar surface area (TPSA) is 59.8 Å². The van der Waals surface area contributed by atoms with Crippen LogP contribution in [0.3, 0.4) is 0 Å². The molecule has 0 amide bonds. The highest BCUT2D eigenvalue weighted by Gasteiger charge is 2.22. The van der Waals surface area contributed by atoms with Crippen LogP contribution in [0.4, 0.5) is 5.69 Å². The summed E-state index contributed by atoms with van der Waals surface area (Å²) in [5.41, 5.74) is 0.787. The maximum absolute atomic E-state index is 12.5. The van der Waals surface area contributed by atoms with E-state index >= 15 is 0 Å². The first-order chi connectivity index (χ1) is 12.7. The molecule has 138 valence electrons. The van der Waals surface area contributed by atoms with Crippen molar-refractivity contribution in [3.05, 3.63) is 46.9 Å². The average molecular weight is 356 g/mol. The van der Waals surface area contributed by atoms with Gasteiger partial charge in [0.05, 0.1) is 18.4 Å². The monoisotopic (exact) mass is 356 g/mol. The van der Waals surface area contributed by atoms with E-state index in [0.717, 1.165) is 44.0 Å². The quantitative estimate of drug-likeness (QED) is 0.824. The van der Waals surface area contributed by atoms with E-state index in [2.05, 4.69) is 21.9 Å². The van der Waals surface area contributed by atoms with Gasteiger partial charge in [-0.15, -0.1) is 0 Å². The lowest BCUT2D eigenvalue weighted by molar-refractivity contribution is 0.0747. The third-order valence-corrected chi connectivity index (χ3v) is 4.88. The lowest BCUT2D eigenvalue weighted by Crippen LogP contribution is -2.38. The van der Waals surface area contributed by atoms with E-state index in [-0.39, 0.29) is 11.7 Å². The van der Waals surface area contributed by atoms with Crippen molar-refractivity contribution < 1.29 is 9.47 Å². The van der Waals surface area contributed by atoms with Crippen molar-refractivity contribution in [3.63, 3.8) is 0 Å². The molecular formula is C19H24N4O3. The summed E-state index contributed by atoms with van der Waals surface area (Å²) in [6.45, 7) is 4.72. The second-order valence-electron chi connectivity index (χ2n) is 6.88. The fourth-order valence-corrected chi connectivity index (χ4v) is 3.38. The van der Waals surface area contributed by atoms with Crippen molar-refractivity contribution in [2.45, 2.75) is 19.1 Å². The van der Waals surface area contributed by atoms with Crippen molar-refractivity contribution in [1.29, 1.82) is 0 Å². The Hall–Kier alpha value is -2.54. The molecule has 1 saturated heterocycles. The first kappa shape index (κ1) is 16.9. The zero-order valence-corrected chi connectivity index (χ0v) is 15.0. The molecule has 7 nitrogen and oxygen atoms in total. The van der Waals surface area contributed by atoms with Gasteiger partial charge >= 0.3 is 0 Å². The van der Waals surface area contributed by atoms with E-state index in [0.29, 0.717) is 18.9 Å². The predicted octanol–water partition coefficient (Wildman–Crippen LogP) is 1.23. The van der Waals surface area contributed by atoms with Crippen molar-refractivity contribution in [2.75, 3.05) is 44.7 Å². The highest BCUT2D eigenvalue weighted by Crippen LogP contribution is 2.31. The highest BCUT2D eigenvalue weighted by molar-refractivity contribution is 5.43. The minimum absolute atomic E-state index is 0.109. The summed E-state index contributed by atoms with van der Waals surface area (Å²) in [7, 11) is 2.13. The van der Waals surface area contributed by atoms with Gasteiger partial charge in [0.15, 0.2) is 17.6 Å². The largest absolute Gasteiger partial charge is 0.486 e. The normalized spacial score (nSPS) is 20.7. The molecule has 1 aromatic heterocycles. The summed E-state index contributed by atoms with van der Waals surface area (Å²) < 4.78 is 13.1. The van der Waals surface area contributed by atoms with Gasteiger partial charge in [0.1, 0.15) is 6.61 Å². The number of para-hydroxylation sites is 2. The van der Waals surface area contributed by atoms with Gasteiger partial charge < -0.3 is 19.3 Å². The molecule has 0 N–H and O–H groups in total. The van der Waals surface area contributed by atoms with E-state index < -0.39 is 0 Å². The Kier molecular flexibility index (Phi) is 4.79. The molecule has 26 heavy (non-hydrogen) atoms. The summed E-state index contributed by atoms with van der Waals surface area (Å²) in [5.74, 6) is 1.45. The number of aromatic nitrogens is 2. The molecule has 2 aromatic rings. The molecule has 3 heterocycles. The third-order valence-electron chi connectivity index (χ3n) is 4.88. The van der Waals surface area contributed by atoms with E-state index in [1.165, 1.54) is 4.68 Å². The second-order valence-corrected chi connectivity index (χ2v) is 6.88. The van der Waals surface area contributed by atoms with Gasteiger partial charge in [-0.2, -0.15) is 5.10 Å². The van der Waals surface area contributed by atoms with Gasteiger partial charge in [-0.3, -0.25) is 4.79 Å². The van der Waals surface area contributed by atoms with Crippen LogP contribution in [0.1, 0.15) is 6.42 Å². The van der Waals surface area contributed by atoms with Crippen molar-refractivity contribution in [2.24, 2.45) is 0 Å². The number of anilines is 1. The summed E-state index contributed by atoms with van der Waals surface area (Å²) in [5, 5.41) is 4.37. The van der Waals surface area contributed by atoms with Crippen LogP contribution in [0, 0.1) is 0 Å². The van der Waals surface area contributed by atoms with Crippen LogP contribution in [0.2, 0.25) is 0 Å². The summed E-state index contributed by atoms with van der Waals surface area (Å²) >= 11 is 0. The summed E-state index contributed by atoms with van der Waals surface area (Å²) in [6, 6.07) is 9.24. The predicted molar refractivity (Wildman–Crippen MR) is 99.2 cm³/mol. The van der Waals surface area contributed by atoms with E-state index in [9.17, 15) is 4.79 Å². The molecular weight excluding hydrogens is 332 g/mol. The van der Waals surface area contributed by atoms with Crippen molar-refractivity contribution in [1.82, 2.24) is 14.7 Å². The zero-order chi connectivity index (χ0) is 17.9. The number of ether oxygens (including phenoxy) is 2. The van der Waals surface area contributed by atoms with Gasteiger partial charge in [-0.25, -0.2) is 4.68 Å². The second kappa shape index (κ2) is 7.37. The minimum atomic E-state index is -0.229. The number of hydrogen-bond acceptors (Lipinski definition) is 6. The molecule has 0 saturated carbocycles. The number of fused-ring (bicyclic) bond motifs is 1. The first-order valence-corrected chi connectivity index (χ1v) is 9.08. The molecule has 1 fully saturated rings. The fourth-order valence-electron chi connectivity index (χ4n) is 3.38. The molecule has 0 aliphatic carbocycles. The van der Waals surface area contributed by atoms with Crippen LogP contribution in [-0.4, -0.2) is 60.6 Å². The zero-order valence-electron chi connectivity index (χ0n) is 15.0. The standard InChI is InChI=1S/C19H24N4O3/c1-21-7-4-8-22(10-9-21)15-11-19(24)23(20-12-15)13-16-14-25-17-5-2-3-6-18(17)26-16/h2-3,5-6,11-12,16H,4,7-10,13-14H2,1H3. The van der Waals surface area contributed by atoms with E-state index in [1.807, 2.05) is 24.3 Å². The molecule has 7 heteroatoms. The molecule has 1 unspecified atom stereocenters.